The highest BCUT2D eigenvalue weighted by atomic mass is 14.9. The molecule has 102 heavy (non-hydrogen) atoms. The average Bonchev–Trinajstić information content (AvgIpc) is 1.49. The maximum Gasteiger partial charge on any atom is 0.0995 e. The molecular formula is C98H62N4. The van der Waals surface area contributed by atoms with Crippen LogP contribution in [0.1, 0.15) is 90.7 Å². The Hall–Kier alpha value is -13.1. The van der Waals surface area contributed by atoms with E-state index in [-0.39, 0.29) is 0 Å². The molecule has 0 N–H and O–H groups in total. The molecule has 0 aliphatic heterocycles. The number of nitriles is 2. The molecule has 0 spiro atoms. The van der Waals surface area contributed by atoms with E-state index in [9.17, 15) is 10.5 Å². The topological polar surface area (TPSA) is 56.4 Å². The van der Waals surface area contributed by atoms with Gasteiger partial charge in [-0.2, -0.15) is 10.5 Å². The molecule has 474 valence electrons. The number of hydrogen-bond acceptors (Lipinski definition) is 2. The molecule has 0 bridgehead atoms. The van der Waals surface area contributed by atoms with Gasteiger partial charge in [-0.25, -0.2) is 0 Å². The summed E-state index contributed by atoms with van der Waals surface area (Å²) in [6, 6.07) is 135. The van der Waals surface area contributed by atoms with Crippen LogP contribution < -0.4 is 0 Å². The number of aromatic nitrogens is 2. The minimum atomic E-state index is -0.775. The SMILES string of the molecule is N#Cc1cc2c(c3c1C(c1ccccc1)(c1ccccc1)CC3(c1ccccc1)c1ccccc1)c1cc(-c3ccccc3)cc3c4cc5c(cc4n2c31)c1cc(-c2ccccc2)cc2c3c4c(c(C#N)cc3n5c12)C(c1ccccc1)(c1ccccc1)CC4(c1ccccc1)c1ccccc1. The van der Waals surface area contributed by atoms with Crippen molar-refractivity contribution in [2.45, 2.75) is 34.5 Å². The molecule has 4 heteroatoms. The number of fused-ring (bicyclic) bond motifs is 16. The van der Waals surface area contributed by atoms with Crippen molar-refractivity contribution in [2.24, 2.45) is 0 Å². The summed E-state index contributed by atoms with van der Waals surface area (Å²) in [5.41, 5.74) is 22.8. The van der Waals surface area contributed by atoms with Crippen molar-refractivity contribution in [3.05, 3.63) is 430 Å². The number of hydrogen-bond donors (Lipinski definition) is 0. The fourth-order valence-electron chi connectivity index (χ4n) is 20.0. The Bertz CT molecular complexity index is 6070. The van der Waals surface area contributed by atoms with Crippen LogP contribution in [0.5, 0.6) is 0 Å². The molecule has 21 rings (SSSR count). The van der Waals surface area contributed by atoms with Crippen molar-refractivity contribution in [3.8, 4) is 34.4 Å². The molecule has 0 unspecified atom stereocenters. The van der Waals surface area contributed by atoms with E-state index in [1.54, 1.807) is 0 Å². The zero-order valence-electron chi connectivity index (χ0n) is 55.7. The van der Waals surface area contributed by atoms with Gasteiger partial charge < -0.3 is 8.80 Å². The van der Waals surface area contributed by atoms with Crippen LogP contribution in [0.25, 0.3) is 98.4 Å². The summed E-state index contributed by atoms with van der Waals surface area (Å²) in [7, 11) is 0. The second-order valence-corrected chi connectivity index (χ2v) is 28.4. The number of benzene rings is 15. The highest BCUT2D eigenvalue weighted by molar-refractivity contribution is 6.31. The van der Waals surface area contributed by atoms with E-state index in [1.807, 2.05) is 0 Å². The van der Waals surface area contributed by atoms with Crippen molar-refractivity contribution in [2.75, 3.05) is 0 Å². The van der Waals surface area contributed by atoms with Gasteiger partial charge in [0.15, 0.2) is 0 Å². The van der Waals surface area contributed by atoms with Gasteiger partial charge in [0.1, 0.15) is 0 Å². The van der Waals surface area contributed by atoms with Crippen molar-refractivity contribution in [1.29, 1.82) is 10.5 Å². The Morgan fingerprint density at radius 2 is 0.461 bits per heavy atom. The first-order valence-electron chi connectivity index (χ1n) is 35.4. The summed E-state index contributed by atoms with van der Waals surface area (Å²) in [5.74, 6) is 0. The number of nitrogens with zero attached hydrogens (tertiary/aromatic N) is 4. The lowest BCUT2D eigenvalue weighted by molar-refractivity contribution is 0.499. The van der Waals surface area contributed by atoms with Crippen LogP contribution in [0.3, 0.4) is 0 Å². The van der Waals surface area contributed by atoms with Gasteiger partial charge in [0.25, 0.3) is 0 Å². The van der Waals surface area contributed by atoms with Gasteiger partial charge in [0.2, 0.25) is 0 Å². The van der Waals surface area contributed by atoms with E-state index in [0.29, 0.717) is 24.0 Å². The summed E-state index contributed by atoms with van der Waals surface area (Å²) < 4.78 is 5.06. The largest absolute Gasteiger partial charge is 0.308 e. The van der Waals surface area contributed by atoms with Crippen LogP contribution in [0, 0.1) is 22.7 Å². The molecule has 0 amide bonds. The van der Waals surface area contributed by atoms with Gasteiger partial charge in [0, 0.05) is 64.7 Å². The van der Waals surface area contributed by atoms with E-state index in [4.69, 9.17) is 0 Å². The summed E-state index contributed by atoms with van der Waals surface area (Å²) in [4.78, 5) is 0. The van der Waals surface area contributed by atoms with Crippen molar-refractivity contribution in [1.82, 2.24) is 8.80 Å². The fourth-order valence-corrected chi connectivity index (χ4v) is 20.0. The molecule has 0 saturated heterocycles. The highest BCUT2D eigenvalue weighted by Gasteiger charge is 2.60. The molecule has 2 aliphatic rings. The van der Waals surface area contributed by atoms with E-state index < -0.39 is 21.7 Å². The Kier molecular flexibility index (Phi) is 12.3. The molecule has 2 aliphatic carbocycles. The van der Waals surface area contributed by atoms with Crippen LogP contribution in [0.2, 0.25) is 0 Å². The summed E-state index contributed by atoms with van der Waals surface area (Å²) in [5, 5.41) is 33.8. The summed E-state index contributed by atoms with van der Waals surface area (Å²) in [6.45, 7) is 0. The minimum absolute atomic E-state index is 0.640. The van der Waals surface area contributed by atoms with Crippen LogP contribution in [-0.4, -0.2) is 8.80 Å². The zero-order chi connectivity index (χ0) is 67.5. The van der Waals surface area contributed by atoms with Crippen molar-refractivity contribution >= 4 is 76.2 Å². The second-order valence-electron chi connectivity index (χ2n) is 28.4. The van der Waals surface area contributed by atoms with Gasteiger partial charge in [0.05, 0.1) is 56.4 Å². The van der Waals surface area contributed by atoms with Crippen LogP contribution in [-0.2, 0) is 21.7 Å². The molecule has 15 aromatic carbocycles. The lowest BCUT2D eigenvalue weighted by atomic mass is 9.64. The highest BCUT2D eigenvalue weighted by Crippen LogP contribution is 2.67. The Balaban J connectivity index is 0.966. The number of rotatable bonds is 10. The van der Waals surface area contributed by atoms with Gasteiger partial charge >= 0.3 is 0 Å². The Labute approximate surface area is 590 Å². The first-order chi connectivity index (χ1) is 50.5. The Morgan fingerprint density at radius 1 is 0.225 bits per heavy atom. The van der Waals surface area contributed by atoms with Crippen LogP contribution in [0.4, 0.5) is 0 Å². The zero-order valence-corrected chi connectivity index (χ0v) is 55.7. The van der Waals surface area contributed by atoms with Crippen LogP contribution in [0.15, 0.2) is 352 Å². The molecule has 0 radical (unpaired) electrons. The molecule has 0 atom stereocenters. The van der Waals surface area contributed by atoms with Gasteiger partial charge in [-0.1, -0.05) is 303 Å². The fraction of sp³-hybridized carbons (Fsp3) is 0.0612. The molecule has 0 saturated carbocycles. The van der Waals surface area contributed by atoms with Crippen molar-refractivity contribution < 1.29 is 0 Å². The maximum absolute atomic E-state index is 12.4. The van der Waals surface area contributed by atoms with Crippen molar-refractivity contribution in [3.63, 3.8) is 0 Å². The third-order valence-electron chi connectivity index (χ3n) is 23.8. The predicted molar refractivity (Wildman–Crippen MR) is 416 cm³/mol. The van der Waals surface area contributed by atoms with Gasteiger partial charge in [-0.15, -0.1) is 0 Å². The van der Waals surface area contributed by atoms with Gasteiger partial charge in [-0.05, 0) is 150 Å². The van der Waals surface area contributed by atoms with Gasteiger partial charge in [-0.3, -0.25) is 0 Å². The molecular weight excluding hydrogens is 1230 g/mol. The molecule has 4 nitrogen and oxygen atoms in total. The smallest absolute Gasteiger partial charge is 0.0995 e. The molecule has 4 heterocycles. The maximum atomic E-state index is 12.4. The normalized spacial score (nSPS) is 14.9. The summed E-state index contributed by atoms with van der Waals surface area (Å²) >= 11 is 0. The van der Waals surface area contributed by atoms with E-state index in [1.165, 1.54) is 22.3 Å². The first kappa shape index (κ1) is 57.9. The monoisotopic (exact) mass is 1290 g/mol. The Morgan fingerprint density at radius 3 is 0.716 bits per heavy atom. The third kappa shape index (κ3) is 7.57. The van der Waals surface area contributed by atoms with E-state index >= 15 is 0 Å². The lowest BCUT2D eigenvalue weighted by Crippen LogP contribution is -2.33. The predicted octanol–water partition coefficient (Wildman–Crippen LogP) is 23.2. The summed E-state index contributed by atoms with van der Waals surface area (Å²) in [6.07, 6.45) is 1.28. The molecule has 4 aromatic heterocycles. The molecule has 0 fully saturated rings. The lowest BCUT2D eigenvalue weighted by Gasteiger charge is -2.37. The second kappa shape index (κ2) is 21.7. The quantitative estimate of drug-likeness (QED) is 0.137. The van der Waals surface area contributed by atoms with E-state index in [2.05, 4.69) is 373 Å². The van der Waals surface area contributed by atoms with Crippen LogP contribution >= 0.6 is 0 Å². The average molecular weight is 1300 g/mol. The minimum Gasteiger partial charge on any atom is -0.308 e. The standard InChI is InChI=1S/C98H62N4/c99-59-67-55-85-87(91-89(67)95(69-35-15-3-16-36-69,70-37-17-4-18-38-70)61-97(91,73-43-23-7-24-44-73)74-45-25-8-26-46-74)81-53-65(63-31-11-1-12-32-63)51-79-77-57-84-78(58-83(77)101(85)93(79)81)80-52-66(64-33-13-2-14-34-64)54-82-88-86(102(84)94(80)82)56-68(60-100)90-92(88)98(75-47-27-9-28-48-75,76-49-29-10-30-50-76)62-96(90,71-39-19-5-20-40-71)72-41-21-6-22-42-72/h1-58H,61-62H2. The third-order valence-corrected chi connectivity index (χ3v) is 23.8. The first-order valence-corrected chi connectivity index (χ1v) is 35.4. The van der Waals surface area contributed by atoms with E-state index in [0.717, 1.165) is 143 Å². The molecule has 19 aromatic rings.